The zero-order chi connectivity index (χ0) is 7.28. The first-order chi connectivity index (χ1) is 4.26. The molecular formula is C7H17NO. The summed E-state index contributed by atoms with van der Waals surface area (Å²) in [6, 6.07) is 0.208. The smallest absolute Gasteiger partial charge is 0.0719 e. The molecule has 0 spiro atoms. The van der Waals surface area contributed by atoms with Crippen molar-refractivity contribution >= 4 is 0 Å². The van der Waals surface area contributed by atoms with Gasteiger partial charge in [-0.05, 0) is 12.8 Å². The van der Waals surface area contributed by atoms with Gasteiger partial charge in [0.15, 0.2) is 0 Å². The zero-order valence-corrected chi connectivity index (χ0v) is 6.55. The molecule has 0 aliphatic heterocycles. The second kappa shape index (κ2) is 4.77. The third-order valence-corrected chi connectivity index (χ3v) is 1.65. The fourth-order valence-electron chi connectivity index (χ4n) is 0.907. The molecule has 9 heavy (non-hydrogen) atoms. The largest absolute Gasteiger partial charge is 0.380 e. The molecule has 0 amide bonds. The lowest BCUT2D eigenvalue weighted by Crippen LogP contribution is -2.34. The summed E-state index contributed by atoms with van der Waals surface area (Å²) in [5.74, 6) is 0. The molecule has 0 saturated carbocycles. The third kappa shape index (κ3) is 2.82. The highest BCUT2D eigenvalue weighted by atomic mass is 16.5. The Balaban J connectivity index is 3.50. The summed E-state index contributed by atoms with van der Waals surface area (Å²) in [6.07, 6.45) is 2.24. The maximum atomic E-state index is 5.71. The Morgan fingerprint density at radius 1 is 1.33 bits per heavy atom. The standard InChI is InChI=1S/C7H17NO/c1-4-6(8)7(5-2)9-3/h6-7H,4-5,8H2,1-3H3/t6-,7?/m0/s1. The quantitative estimate of drug-likeness (QED) is 0.621. The van der Waals surface area contributed by atoms with Crippen molar-refractivity contribution in [3.8, 4) is 0 Å². The molecule has 2 nitrogen and oxygen atoms in total. The highest BCUT2D eigenvalue weighted by molar-refractivity contribution is 4.69. The number of hydrogen-bond acceptors (Lipinski definition) is 2. The molecule has 0 aliphatic rings. The first kappa shape index (κ1) is 8.92. The Hall–Kier alpha value is -0.0800. The lowest BCUT2D eigenvalue weighted by molar-refractivity contribution is 0.0762. The summed E-state index contributed by atoms with van der Waals surface area (Å²) in [7, 11) is 1.71. The lowest BCUT2D eigenvalue weighted by Gasteiger charge is -2.18. The van der Waals surface area contributed by atoms with E-state index < -0.39 is 0 Å². The van der Waals surface area contributed by atoms with Gasteiger partial charge in [0, 0.05) is 13.2 Å². The normalized spacial score (nSPS) is 17.3. The first-order valence-corrected chi connectivity index (χ1v) is 3.54. The molecule has 1 unspecified atom stereocenters. The number of nitrogens with two attached hydrogens (primary N) is 1. The van der Waals surface area contributed by atoms with E-state index in [1.54, 1.807) is 7.11 Å². The summed E-state index contributed by atoms with van der Waals surface area (Å²) in [5.41, 5.74) is 5.71. The summed E-state index contributed by atoms with van der Waals surface area (Å²) in [5, 5.41) is 0. The van der Waals surface area contributed by atoms with Crippen LogP contribution in [0, 0.1) is 0 Å². The molecule has 0 aromatic heterocycles. The lowest BCUT2D eigenvalue weighted by atomic mass is 10.1. The van der Waals surface area contributed by atoms with E-state index in [0.29, 0.717) is 0 Å². The maximum absolute atomic E-state index is 5.71. The molecule has 0 bridgehead atoms. The molecule has 0 aliphatic carbocycles. The van der Waals surface area contributed by atoms with Crippen LogP contribution in [0.5, 0.6) is 0 Å². The van der Waals surface area contributed by atoms with Gasteiger partial charge < -0.3 is 10.5 Å². The second-order valence-corrected chi connectivity index (χ2v) is 2.25. The highest BCUT2D eigenvalue weighted by Crippen LogP contribution is 2.02. The van der Waals surface area contributed by atoms with Crippen LogP contribution in [0.3, 0.4) is 0 Å². The van der Waals surface area contributed by atoms with Crippen molar-refractivity contribution in [1.82, 2.24) is 0 Å². The van der Waals surface area contributed by atoms with Crippen LogP contribution in [0.2, 0.25) is 0 Å². The van der Waals surface area contributed by atoms with Crippen LogP contribution >= 0.6 is 0 Å². The monoisotopic (exact) mass is 131 g/mol. The Morgan fingerprint density at radius 3 is 2.00 bits per heavy atom. The minimum Gasteiger partial charge on any atom is -0.380 e. The summed E-state index contributed by atoms with van der Waals surface area (Å²) in [6.45, 7) is 4.16. The van der Waals surface area contributed by atoms with Crippen LogP contribution in [0.1, 0.15) is 26.7 Å². The van der Waals surface area contributed by atoms with Crippen LogP contribution in [-0.2, 0) is 4.74 Å². The Labute approximate surface area is 57.4 Å². The first-order valence-electron chi connectivity index (χ1n) is 3.54. The molecule has 2 heteroatoms. The van der Waals surface area contributed by atoms with Gasteiger partial charge in [0.2, 0.25) is 0 Å². The number of ether oxygens (including phenoxy) is 1. The van der Waals surface area contributed by atoms with Crippen molar-refractivity contribution in [3.63, 3.8) is 0 Å². The van der Waals surface area contributed by atoms with Crippen LogP contribution < -0.4 is 5.73 Å². The SMILES string of the molecule is CCC(OC)[C@@H](N)CC. The van der Waals surface area contributed by atoms with Crippen LogP contribution in [0.15, 0.2) is 0 Å². The van der Waals surface area contributed by atoms with Gasteiger partial charge >= 0.3 is 0 Å². The van der Waals surface area contributed by atoms with Crippen molar-refractivity contribution in [3.05, 3.63) is 0 Å². The van der Waals surface area contributed by atoms with E-state index in [9.17, 15) is 0 Å². The average Bonchev–Trinajstić information content (AvgIpc) is 1.90. The fourth-order valence-corrected chi connectivity index (χ4v) is 0.907. The average molecular weight is 131 g/mol. The molecule has 0 fully saturated rings. The topological polar surface area (TPSA) is 35.2 Å². The molecule has 0 heterocycles. The van der Waals surface area contributed by atoms with Gasteiger partial charge in [-0.2, -0.15) is 0 Å². The molecule has 2 N–H and O–H groups in total. The number of hydrogen-bond donors (Lipinski definition) is 1. The van der Waals surface area contributed by atoms with E-state index in [-0.39, 0.29) is 12.1 Å². The predicted molar refractivity (Wildman–Crippen MR) is 39.4 cm³/mol. The van der Waals surface area contributed by atoms with Crippen LogP contribution in [0.4, 0.5) is 0 Å². The molecule has 0 aromatic rings. The van der Waals surface area contributed by atoms with Gasteiger partial charge in [-0.1, -0.05) is 13.8 Å². The maximum Gasteiger partial charge on any atom is 0.0719 e. The third-order valence-electron chi connectivity index (χ3n) is 1.65. The summed E-state index contributed by atoms with van der Waals surface area (Å²) < 4.78 is 5.13. The minimum absolute atomic E-state index is 0.208. The van der Waals surface area contributed by atoms with E-state index in [1.165, 1.54) is 0 Å². The summed E-state index contributed by atoms with van der Waals surface area (Å²) >= 11 is 0. The van der Waals surface area contributed by atoms with Crippen LogP contribution in [0.25, 0.3) is 0 Å². The fraction of sp³-hybridized carbons (Fsp3) is 1.00. The van der Waals surface area contributed by atoms with E-state index in [2.05, 4.69) is 13.8 Å². The second-order valence-electron chi connectivity index (χ2n) is 2.25. The Morgan fingerprint density at radius 2 is 1.89 bits per heavy atom. The van der Waals surface area contributed by atoms with Gasteiger partial charge in [-0.25, -0.2) is 0 Å². The Bertz CT molecular complexity index is 61.9. The summed E-state index contributed by atoms with van der Waals surface area (Å²) in [4.78, 5) is 0. The molecule has 0 aromatic carbocycles. The van der Waals surface area contributed by atoms with Gasteiger partial charge in [0.1, 0.15) is 0 Å². The van der Waals surface area contributed by atoms with E-state index in [4.69, 9.17) is 10.5 Å². The van der Waals surface area contributed by atoms with Crippen molar-refractivity contribution < 1.29 is 4.74 Å². The molecule has 0 saturated heterocycles. The predicted octanol–water partition coefficient (Wildman–Crippen LogP) is 1.15. The van der Waals surface area contributed by atoms with Crippen LogP contribution in [-0.4, -0.2) is 19.3 Å². The molecule has 0 radical (unpaired) electrons. The van der Waals surface area contributed by atoms with E-state index >= 15 is 0 Å². The number of rotatable bonds is 4. The number of methoxy groups -OCH3 is 1. The van der Waals surface area contributed by atoms with Gasteiger partial charge in [-0.15, -0.1) is 0 Å². The molecule has 56 valence electrons. The van der Waals surface area contributed by atoms with Gasteiger partial charge in [-0.3, -0.25) is 0 Å². The zero-order valence-electron chi connectivity index (χ0n) is 6.55. The molecular weight excluding hydrogens is 114 g/mol. The highest BCUT2D eigenvalue weighted by Gasteiger charge is 2.11. The van der Waals surface area contributed by atoms with Crippen molar-refractivity contribution in [2.45, 2.75) is 38.8 Å². The minimum atomic E-state index is 0.208. The van der Waals surface area contributed by atoms with Crippen molar-refractivity contribution in [2.75, 3.05) is 7.11 Å². The van der Waals surface area contributed by atoms with Gasteiger partial charge in [0.05, 0.1) is 6.10 Å². The van der Waals surface area contributed by atoms with E-state index in [0.717, 1.165) is 12.8 Å². The molecule has 2 atom stereocenters. The van der Waals surface area contributed by atoms with Gasteiger partial charge in [0.25, 0.3) is 0 Å². The van der Waals surface area contributed by atoms with E-state index in [1.807, 2.05) is 0 Å². The molecule has 0 rings (SSSR count). The van der Waals surface area contributed by atoms with Crippen molar-refractivity contribution in [1.29, 1.82) is 0 Å². The Kier molecular flexibility index (Phi) is 4.72. The van der Waals surface area contributed by atoms with Crippen molar-refractivity contribution in [2.24, 2.45) is 5.73 Å².